The number of nitrogens with two attached hydrogens (primary N) is 1. The molecule has 1 aromatic rings. The lowest BCUT2D eigenvalue weighted by Gasteiger charge is -2.29. The van der Waals surface area contributed by atoms with Gasteiger partial charge in [-0.2, -0.15) is 0 Å². The van der Waals surface area contributed by atoms with Crippen molar-refractivity contribution in [2.45, 2.75) is 36.8 Å². The lowest BCUT2D eigenvalue weighted by atomic mass is 10.0. The fourth-order valence-corrected chi connectivity index (χ4v) is 3.27. The maximum atomic E-state index is 12.0. The second kappa shape index (κ2) is 5.99. The monoisotopic (exact) mass is 299 g/mol. The van der Waals surface area contributed by atoms with Crippen LogP contribution in [0.4, 0.5) is 11.4 Å². The standard InChI is InChI=1S/C13H21N3O3S/c1-9-7-11(5-6-19-9)16-12-4-3-10(14)8-13(12)20(17,18)15-2/h3-4,8-9,11,15-16H,5-7,14H2,1-2H3. The van der Waals surface area contributed by atoms with Crippen LogP contribution in [0.25, 0.3) is 0 Å². The number of hydrogen-bond acceptors (Lipinski definition) is 5. The van der Waals surface area contributed by atoms with Gasteiger partial charge in [-0.25, -0.2) is 13.1 Å². The molecule has 1 fully saturated rings. The molecule has 0 radical (unpaired) electrons. The van der Waals surface area contributed by atoms with Gasteiger partial charge in [0.25, 0.3) is 0 Å². The second-order valence-corrected chi connectivity index (χ2v) is 6.87. The number of nitrogens with one attached hydrogen (secondary N) is 2. The number of benzene rings is 1. The SMILES string of the molecule is CNS(=O)(=O)c1cc(N)ccc1NC1CCOC(C)C1. The maximum absolute atomic E-state index is 12.0. The largest absolute Gasteiger partial charge is 0.399 e. The van der Waals surface area contributed by atoms with Crippen molar-refractivity contribution in [3.8, 4) is 0 Å². The topological polar surface area (TPSA) is 93.5 Å². The average Bonchev–Trinajstić information content (AvgIpc) is 2.41. The fraction of sp³-hybridized carbons (Fsp3) is 0.538. The van der Waals surface area contributed by atoms with Gasteiger partial charge in [0.1, 0.15) is 4.90 Å². The molecule has 0 aromatic heterocycles. The first-order valence-corrected chi connectivity index (χ1v) is 8.12. The number of hydrogen-bond donors (Lipinski definition) is 3. The van der Waals surface area contributed by atoms with E-state index >= 15 is 0 Å². The highest BCUT2D eigenvalue weighted by atomic mass is 32.2. The fourth-order valence-electron chi connectivity index (χ4n) is 2.34. The van der Waals surface area contributed by atoms with E-state index < -0.39 is 10.0 Å². The Bertz CT molecular complexity index is 574. The third-order valence-electron chi connectivity index (χ3n) is 3.41. The van der Waals surface area contributed by atoms with Crippen LogP contribution in [-0.4, -0.2) is 34.2 Å². The summed E-state index contributed by atoms with van der Waals surface area (Å²) in [5.41, 5.74) is 6.69. The Morgan fingerprint density at radius 1 is 1.40 bits per heavy atom. The molecular weight excluding hydrogens is 278 g/mol. The summed E-state index contributed by atoms with van der Waals surface area (Å²) in [4.78, 5) is 0.180. The molecule has 0 aliphatic carbocycles. The summed E-state index contributed by atoms with van der Waals surface area (Å²) in [6.07, 6.45) is 1.89. The van der Waals surface area contributed by atoms with Crippen LogP contribution in [0.1, 0.15) is 19.8 Å². The summed E-state index contributed by atoms with van der Waals surface area (Å²) in [5.74, 6) is 0. The number of rotatable bonds is 4. The third kappa shape index (κ3) is 3.41. The van der Waals surface area contributed by atoms with Crippen molar-refractivity contribution in [1.29, 1.82) is 0 Å². The van der Waals surface area contributed by atoms with Crippen molar-refractivity contribution in [3.05, 3.63) is 18.2 Å². The van der Waals surface area contributed by atoms with E-state index in [9.17, 15) is 8.42 Å². The molecule has 20 heavy (non-hydrogen) atoms. The van der Waals surface area contributed by atoms with Gasteiger partial charge in [0.2, 0.25) is 10.0 Å². The van der Waals surface area contributed by atoms with Gasteiger partial charge in [-0.05, 0) is 45.0 Å². The van der Waals surface area contributed by atoms with E-state index in [-0.39, 0.29) is 17.0 Å². The zero-order valence-electron chi connectivity index (χ0n) is 11.7. The molecule has 1 heterocycles. The lowest BCUT2D eigenvalue weighted by molar-refractivity contribution is 0.0232. The maximum Gasteiger partial charge on any atom is 0.242 e. The Morgan fingerprint density at radius 3 is 2.80 bits per heavy atom. The molecule has 1 aliphatic rings. The van der Waals surface area contributed by atoms with Crippen molar-refractivity contribution in [2.75, 3.05) is 24.7 Å². The highest BCUT2D eigenvalue weighted by Gasteiger charge is 2.23. The van der Waals surface area contributed by atoms with Gasteiger partial charge in [-0.3, -0.25) is 0 Å². The van der Waals surface area contributed by atoms with E-state index in [2.05, 4.69) is 10.0 Å². The summed E-state index contributed by atoms with van der Waals surface area (Å²) in [6.45, 7) is 2.70. The quantitative estimate of drug-likeness (QED) is 0.725. The van der Waals surface area contributed by atoms with E-state index in [1.165, 1.54) is 13.1 Å². The van der Waals surface area contributed by atoms with Crippen LogP contribution < -0.4 is 15.8 Å². The van der Waals surface area contributed by atoms with E-state index in [4.69, 9.17) is 10.5 Å². The highest BCUT2D eigenvalue weighted by Crippen LogP contribution is 2.26. The zero-order chi connectivity index (χ0) is 14.8. The highest BCUT2D eigenvalue weighted by molar-refractivity contribution is 7.89. The van der Waals surface area contributed by atoms with Gasteiger partial charge >= 0.3 is 0 Å². The molecular formula is C13H21N3O3S. The summed E-state index contributed by atoms with van der Waals surface area (Å²) in [5, 5.41) is 3.29. The molecule has 0 spiro atoms. The van der Waals surface area contributed by atoms with Crippen LogP contribution >= 0.6 is 0 Å². The lowest BCUT2D eigenvalue weighted by Crippen LogP contribution is -2.33. The number of sulfonamides is 1. The summed E-state index contributed by atoms with van der Waals surface area (Å²) in [7, 11) is -2.15. The van der Waals surface area contributed by atoms with Gasteiger partial charge in [-0.15, -0.1) is 0 Å². The molecule has 1 aliphatic heterocycles. The Labute approximate surface area is 119 Å². The molecule has 1 aromatic carbocycles. The van der Waals surface area contributed by atoms with Gasteiger partial charge < -0.3 is 15.8 Å². The Morgan fingerprint density at radius 2 is 2.15 bits per heavy atom. The molecule has 2 atom stereocenters. The van der Waals surface area contributed by atoms with Crippen LogP contribution in [0.5, 0.6) is 0 Å². The molecule has 0 saturated carbocycles. The Hall–Kier alpha value is -1.31. The molecule has 4 N–H and O–H groups in total. The van der Waals surface area contributed by atoms with Crippen LogP contribution in [0.15, 0.2) is 23.1 Å². The third-order valence-corrected chi connectivity index (χ3v) is 4.86. The van der Waals surface area contributed by atoms with E-state index in [0.29, 0.717) is 18.0 Å². The van der Waals surface area contributed by atoms with Crippen molar-refractivity contribution in [3.63, 3.8) is 0 Å². The van der Waals surface area contributed by atoms with Gasteiger partial charge in [0.15, 0.2) is 0 Å². The molecule has 2 rings (SSSR count). The average molecular weight is 299 g/mol. The summed E-state index contributed by atoms with van der Waals surface area (Å²) >= 11 is 0. The predicted octanol–water partition coefficient (Wildman–Crippen LogP) is 1.16. The Kier molecular flexibility index (Phi) is 4.52. The molecule has 7 heteroatoms. The first kappa shape index (κ1) is 15.1. The van der Waals surface area contributed by atoms with Gasteiger partial charge in [-0.1, -0.05) is 0 Å². The Balaban J connectivity index is 2.27. The van der Waals surface area contributed by atoms with Crippen molar-refractivity contribution in [2.24, 2.45) is 0 Å². The molecule has 1 saturated heterocycles. The summed E-state index contributed by atoms with van der Waals surface area (Å²) in [6, 6.07) is 5.07. The minimum Gasteiger partial charge on any atom is -0.399 e. The minimum atomic E-state index is -3.54. The molecule has 112 valence electrons. The smallest absolute Gasteiger partial charge is 0.242 e. The van der Waals surface area contributed by atoms with E-state index in [1.54, 1.807) is 12.1 Å². The van der Waals surface area contributed by atoms with Crippen LogP contribution in [0, 0.1) is 0 Å². The first-order valence-electron chi connectivity index (χ1n) is 6.63. The van der Waals surface area contributed by atoms with Crippen molar-refractivity contribution in [1.82, 2.24) is 4.72 Å². The van der Waals surface area contributed by atoms with Crippen LogP contribution in [0.3, 0.4) is 0 Å². The van der Waals surface area contributed by atoms with Crippen LogP contribution in [-0.2, 0) is 14.8 Å². The number of nitrogen functional groups attached to an aromatic ring is 1. The normalized spacial score (nSPS) is 23.5. The molecule has 2 unspecified atom stereocenters. The van der Waals surface area contributed by atoms with E-state index in [0.717, 1.165) is 12.8 Å². The zero-order valence-corrected chi connectivity index (χ0v) is 12.5. The number of anilines is 2. The van der Waals surface area contributed by atoms with Crippen molar-refractivity contribution < 1.29 is 13.2 Å². The van der Waals surface area contributed by atoms with Gasteiger partial charge in [0, 0.05) is 18.3 Å². The second-order valence-electron chi connectivity index (χ2n) is 5.01. The number of ether oxygens (including phenoxy) is 1. The predicted molar refractivity (Wildman–Crippen MR) is 79.2 cm³/mol. The van der Waals surface area contributed by atoms with Crippen LogP contribution in [0.2, 0.25) is 0 Å². The van der Waals surface area contributed by atoms with Crippen molar-refractivity contribution >= 4 is 21.4 Å². The molecule has 0 bridgehead atoms. The summed E-state index contributed by atoms with van der Waals surface area (Å²) < 4.78 is 31.9. The van der Waals surface area contributed by atoms with Gasteiger partial charge in [0.05, 0.1) is 11.8 Å². The van der Waals surface area contributed by atoms with E-state index in [1.807, 2.05) is 6.92 Å². The molecule has 0 amide bonds. The molecule has 6 nitrogen and oxygen atoms in total. The minimum absolute atomic E-state index is 0.180. The first-order chi connectivity index (χ1) is 9.42.